The molecular formula is C19H20F3N3O5S. The molecule has 2 aromatic rings. The van der Waals surface area contributed by atoms with Crippen molar-refractivity contribution >= 4 is 21.2 Å². The summed E-state index contributed by atoms with van der Waals surface area (Å²) >= 11 is 0. The minimum atomic E-state index is -5.69. The van der Waals surface area contributed by atoms with Gasteiger partial charge in [-0.3, -0.25) is 15.0 Å². The molecule has 0 unspecified atom stereocenters. The van der Waals surface area contributed by atoms with E-state index in [-0.39, 0.29) is 12.2 Å². The zero-order chi connectivity index (χ0) is 22.6. The Morgan fingerprint density at radius 1 is 1.10 bits per heavy atom. The minimum absolute atomic E-state index is 0.0766. The molecule has 2 aromatic carbocycles. The number of benzene rings is 2. The summed E-state index contributed by atoms with van der Waals surface area (Å²) in [6.45, 7) is 3.67. The van der Waals surface area contributed by atoms with E-state index in [1.165, 1.54) is 0 Å². The molecule has 0 aliphatic carbocycles. The molecule has 0 radical (unpaired) electrons. The second-order valence-electron chi connectivity index (χ2n) is 6.90. The highest BCUT2D eigenvalue weighted by molar-refractivity contribution is 7.92. The number of rotatable bonds is 7. The van der Waals surface area contributed by atoms with E-state index in [1.807, 2.05) is 24.3 Å². The Morgan fingerprint density at radius 3 is 2.35 bits per heavy atom. The van der Waals surface area contributed by atoms with Crippen molar-refractivity contribution in [3.8, 4) is 0 Å². The first-order chi connectivity index (χ1) is 14.6. The van der Waals surface area contributed by atoms with Crippen molar-refractivity contribution in [1.29, 1.82) is 0 Å². The number of hydrogen-bond donors (Lipinski definition) is 1. The number of ether oxygens (including phenoxy) is 1. The van der Waals surface area contributed by atoms with Crippen molar-refractivity contribution in [2.45, 2.75) is 23.5 Å². The molecule has 8 nitrogen and oxygen atoms in total. The van der Waals surface area contributed by atoms with Crippen molar-refractivity contribution in [3.05, 3.63) is 63.7 Å². The van der Waals surface area contributed by atoms with Crippen molar-refractivity contribution < 1.29 is 31.2 Å². The van der Waals surface area contributed by atoms with Crippen molar-refractivity contribution in [2.75, 3.05) is 31.6 Å². The van der Waals surface area contributed by atoms with Gasteiger partial charge in [-0.15, -0.1) is 0 Å². The van der Waals surface area contributed by atoms with E-state index in [2.05, 4.69) is 10.2 Å². The molecule has 1 aliphatic rings. The summed E-state index contributed by atoms with van der Waals surface area (Å²) in [4.78, 5) is 11.5. The first-order valence-electron chi connectivity index (χ1n) is 9.30. The molecule has 12 heteroatoms. The zero-order valence-electron chi connectivity index (χ0n) is 16.3. The van der Waals surface area contributed by atoms with Gasteiger partial charge in [0.2, 0.25) is 0 Å². The Labute approximate surface area is 176 Å². The molecule has 168 valence electrons. The van der Waals surface area contributed by atoms with Crippen molar-refractivity contribution in [3.63, 3.8) is 0 Å². The zero-order valence-corrected chi connectivity index (χ0v) is 17.1. The number of halogens is 3. The Morgan fingerprint density at radius 2 is 1.74 bits per heavy atom. The van der Waals surface area contributed by atoms with Crippen LogP contribution in [0, 0.1) is 10.1 Å². The van der Waals surface area contributed by atoms with Crippen LogP contribution in [0.1, 0.15) is 11.1 Å². The number of anilines is 1. The SMILES string of the molecule is O=[N+]([O-])c1cc(S(=O)(=O)C(F)(F)F)ccc1NCc1ccccc1CN1CCOCC1. The van der Waals surface area contributed by atoms with Crippen molar-refractivity contribution in [1.82, 2.24) is 4.90 Å². The second kappa shape index (κ2) is 9.20. The monoisotopic (exact) mass is 459 g/mol. The van der Waals surface area contributed by atoms with Crippen LogP contribution in [-0.2, 0) is 27.7 Å². The third-order valence-electron chi connectivity index (χ3n) is 4.87. The summed E-state index contributed by atoms with van der Waals surface area (Å²) in [6, 6.07) is 9.56. The van der Waals surface area contributed by atoms with Gasteiger partial charge in [0.25, 0.3) is 15.5 Å². The van der Waals surface area contributed by atoms with Gasteiger partial charge in [0.1, 0.15) is 5.69 Å². The first-order valence-corrected chi connectivity index (χ1v) is 10.8. The maximum Gasteiger partial charge on any atom is 0.501 e. The molecule has 0 amide bonds. The Hall–Kier alpha value is -2.70. The lowest BCUT2D eigenvalue weighted by Crippen LogP contribution is -2.35. The lowest BCUT2D eigenvalue weighted by atomic mass is 10.1. The number of nitro benzene ring substituents is 1. The topological polar surface area (TPSA) is 102 Å². The number of morpholine rings is 1. The number of alkyl halides is 3. The summed E-state index contributed by atoms with van der Waals surface area (Å²) in [5, 5.41) is 14.2. The number of hydrogen-bond acceptors (Lipinski definition) is 7. The average Bonchev–Trinajstić information content (AvgIpc) is 2.73. The van der Waals surface area contributed by atoms with Gasteiger partial charge in [0, 0.05) is 32.2 Å². The molecular weight excluding hydrogens is 439 g/mol. The molecule has 0 aromatic heterocycles. The molecule has 0 atom stereocenters. The molecule has 31 heavy (non-hydrogen) atoms. The summed E-state index contributed by atoms with van der Waals surface area (Å²) in [6.07, 6.45) is 0. The summed E-state index contributed by atoms with van der Waals surface area (Å²) in [7, 11) is -5.69. The largest absolute Gasteiger partial charge is 0.501 e. The number of nitrogens with one attached hydrogen (secondary N) is 1. The molecule has 1 heterocycles. The van der Waals surface area contributed by atoms with E-state index in [1.54, 1.807) is 0 Å². The van der Waals surface area contributed by atoms with E-state index < -0.39 is 30.9 Å². The van der Waals surface area contributed by atoms with Crippen LogP contribution in [0.3, 0.4) is 0 Å². The maximum absolute atomic E-state index is 12.8. The molecule has 1 N–H and O–H groups in total. The van der Waals surface area contributed by atoms with E-state index in [4.69, 9.17) is 4.74 Å². The highest BCUT2D eigenvalue weighted by atomic mass is 32.2. The summed E-state index contributed by atoms with van der Waals surface area (Å²) in [5.41, 5.74) is -4.52. The second-order valence-corrected chi connectivity index (χ2v) is 8.84. The lowest BCUT2D eigenvalue weighted by Gasteiger charge is -2.27. The maximum atomic E-state index is 12.8. The minimum Gasteiger partial charge on any atom is -0.379 e. The smallest absolute Gasteiger partial charge is 0.379 e. The van der Waals surface area contributed by atoms with Crippen LogP contribution in [0.2, 0.25) is 0 Å². The number of sulfone groups is 1. The van der Waals surface area contributed by atoms with Crippen LogP contribution in [0.15, 0.2) is 47.4 Å². The Balaban J connectivity index is 1.81. The third kappa shape index (κ3) is 5.32. The van der Waals surface area contributed by atoms with Crippen LogP contribution < -0.4 is 5.32 Å². The van der Waals surface area contributed by atoms with E-state index in [0.29, 0.717) is 31.9 Å². The van der Waals surface area contributed by atoms with Crippen LogP contribution in [0.25, 0.3) is 0 Å². The van der Waals surface area contributed by atoms with E-state index in [9.17, 15) is 31.7 Å². The van der Waals surface area contributed by atoms with Gasteiger partial charge in [-0.25, -0.2) is 8.42 Å². The predicted octanol–water partition coefficient (Wildman–Crippen LogP) is 3.33. The van der Waals surface area contributed by atoms with Crippen LogP contribution in [0.5, 0.6) is 0 Å². The van der Waals surface area contributed by atoms with Gasteiger partial charge in [0.15, 0.2) is 0 Å². The fraction of sp³-hybridized carbons (Fsp3) is 0.368. The number of nitro groups is 1. The highest BCUT2D eigenvalue weighted by Crippen LogP contribution is 2.35. The van der Waals surface area contributed by atoms with Crippen LogP contribution >= 0.6 is 0 Å². The molecule has 0 spiro atoms. The van der Waals surface area contributed by atoms with Crippen LogP contribution in [-0.4, -0.2) is 50.1 Å². The molecule has 0 bridgehead atoms. The quantitative estimate of drug-likeness (QED) is 0.501. The molecule has 1 aliphatic heterocycles. The summed E-state index contributed by atoms with van der Waals surface area (Å²) in [5.74, 6) is 0. The van der Waals surface area contributed by atoms with Gasteiger partial charge >= 0.3 is 5.51 Å². The first kappa shape index (κ1) is 23.0. The molecule has 3 rings (SSSR count). The van der Waals surface area contributed by atoms with Gasteiger partial charge < -0.3 is 10.1 Å². The van der Waals surface area contributed by atoms with Gasteiger partial charge in [0.05, 0.1) is 23.0 Å². The summed E-state index contributed by atoms with van der Waals surface area (Å²) < 4.78 is 66.8. The number of nitrogens with zero attached hydrogens (tertiary/aromatic N) is 2. The lowest BCUT2D eigenvalue weighted by molar-refractivity contribution is -0.384. The van der Waals surface area contributed by atoms with Gasteiger partial charge in [-0.2, -0.15) is 13.2 Å². The van der Waals surface area contributed by atoms with E-state index in [0.717, 1.165) is 30.3 Å². The van der Waals surface area contributed by atoms with Crippen molar-refractivity contribution in [2.24, 2.45) is 0 Å². The van der Waals surface area contributed by atoms with Crippen LogP contribution in [0.4, 0.5) is 24.5 Å². The molecule has 0 saturated carbocycles. The fourth-order valence-corrected chi connectivity index (χ4v) is 3.97. The third-order valence-corrected chi connectivity index (χ3v) is 6.35. The average molecular weight is 459 g/mol. The predicted molar refractivity (Wildman–Crippen MR) is 106 cm³/mol. The Kier molecular flexibility index (Phi) is 6.82. The van der Waals surface area contributed by atoms with Gasteiger partial charge in [-0.05, 0) is 23.3 Å². The highest BCUT2D eigenvalue weighted by Gasteiger charge is 2.47. The normalized spacial score (nSPS) is 15.6. The fourth-order valence-electron chi connectivity index (χ4n) is 3.19. The standard InChI is InChI=1S/C19H20F3N3O5S/c20-19(21,22)31(28,29)16-5-6-17(18(11-16)25(26)27)23-12-14-3-1-2-4-15(14)13-24-7-9-30-10-8-24/h1-6,11,23H,7-10,12-13H2. The Bertz CT molecular complexity index is 1050. The van der Waals surface area contributed by atoms with E-state index >= 15 is 0 Å². The molecule has 1 fully saturated rings. The van der Waals surface area contributed by atoms with Gasteiger partial charge in [-0.1, -0.05) is 24.3 Å². The molecule has 1 saturated heterocycles.